The van der Waals surface area contributed by atoms with E-state index in [9.17, 15) is 13.2 Å². The Bertz CT molecular complexity index is 974. The normalized spacial score (nSPS) is 15.6. The molecule has 29 heavy (non-hydrogen) atoms. The number of aryl methyl sites for hydroxylation is 2. The van der Waals surface area contributed by atoms with E-state index in [1.807, 2.05) is 32.0 Å². The topological polar surface area (TPSA) is 75.7 Å². The van der Waals surface area contributed by atoms with E-state index in [0.29, 0.717) is 18.8 Å². The number of hydrogen-bond acceptors (Lipinski definition) is 4. The Morgan fingerprint density at radius 2 is 1.59 bits per heavy atom. The molecule has 0 unspecified atom stereocenters. The number of amides is 1. The molecule has 156 valence electrons. The number of rotatable bonds is 5. The van der Waals surface area contributed by atoms with E-state index in [0.717, 1.165) is 36.8 Å². The molecule has 1 aliphatic heterocycles. The molecule has 1 amide bonds. The molecule has 0 aromatic heterocycles. The fourth-order valence-electron chi connectivity index (χ4n) is 3.69. The lowest BCUT2D eigenvalue weighted by Crippen LogP contribution is -2.32. The van der Waals surface area contributed by atoms with E-state index in [4.69, 9.17) is 4.74 Å². The van der Waals surface area contributed by atoms with Crippen molar-refractivity contribution in [2.45, 2.75) is 44.4 Å². The summed E-state index contributed by atoms with van der Waals surface area (Å²) in [4.78, 5) is 12.8. The molecule has 0 atom stereocenters. The number of carbonyl (C=O) groups excluding carboxylic acids is 1. The van der Waals surface area contributed by atoms with Gasteiger partial charge in [0, 0.05) is 24.3 Å². The van der Waals surface area contributed by atoms with Gasteiger partial charge in [0.05, 0.1) is 7.11 Å². The second-order valence-corrected chi connectivity index (χ2v) is 9.42. The molecule has 0 spiro atoms. The number of carbonyl (C=O) groups is 1. The standard InChI is InChI=1S/C22H28N2O4S/c1-16-12-17(2)14-19(13-16)23-22(25)18-8-9-20(28-3)21(15-18)29(26,27)24-10-6-4-5-7-11-24/h8-9,12-15H,4-7,10-11H2,1-3H3,(H,23,25). The number of ether oxygens (including phenoxy) is 1. The predicted molar refractivity (Wildman–Crippen MR) is 114 cm³/mol. The highest BCUT2D eigenvalue weighted by Crippen LogP contribution is 2.29. The Balaban J connectivity index is 1.92. The first-order valence-corrected chi connectivity index (χ1v) is 11.3. The van der Waals surface area contributed by atoms with E-state index in [2.05, 4.69) is 5.32 Å². The third kappa shape index (κ3) is 4.97. The summed E-state index contributed by atoms with van der Waals surface area (Å²) in [5.74, 6) is -0.109. The van der Waals surface area contributed by atoms with E-state index in [1.54, 1.807) is 12.1 Å². The van der Waals surface area contributed by atoms with Crippen LogP contribution < -0.4 is 10.1 Å². The average molecular weight is 417 g/mol. The van der Waals surface area contributed by atoms with Crippen LogP contribution in [0.25, 0.3) is 0 Å². The van der Waals surface area contributed by atoms with Crippen molar-refractivity contribution < 1.29 is 17.9 Å². The summed E-state index contributed by atoms with van der Waals surface area (Å²) in [6.45, 7) is 4.90. The summed E-state index contributed by atoms with van der Waals surface area (Å²) in [5, 5.41) is 2.86. The van der Waals surface area contributed by atoms with Crippen molar-refractivity contribution in [2.24, 2.45) is 0 Å². The van der Waals surface area contributed by atoms with Gasteiger partial charge in [0.1, 0.15) is 10.6 Å². The first-order chi connectivity index (χ1) is 13.8. The minimum atomic E-state index is -3.74. The lowest BCUT2D eigenvalue weighted by molar-refractivity contribution is 0.102. The van der Waals surface area contributed by atoms with Crippen LogP contribution in [0.3, 0.4) is 0 Å². The van der Waals surface area contributed by atoms with Crippen molar-refractivity contribution in [3.63, 3.8) is 0 Å². The molecule has 0 aliphatic carbocycles. The summed E-state index contributed by atoms with van der Waals surface area (Å²) in [5.41, 5.74) is 3.04. The van der Waals surface area contributed by atoms with Gasteiger partial charge in [-0.3, -0.25) is 4.79 Å². The quantitative estimate of drug-likeness (QED) is 0.795. The van der Waals surface area contributed by atoms with Gasteiger partial charge in [0.25, 0.3) is 5.91 Å². The molecular weight excluding hydrogens is 388 g/mol. The molecule has 1 N–H and O–H groups in total. The minimum absolute atomic E-state index is 0.0370. The number of benzene rings is 2. The number of sulfonamides is 1. The highest BCUT2D eigenvalue weighted by atomic mass is 32.2. The summed E-state index contributed by atoms with van der Waals surface area (Å²) in [7, 11) is -2.31. The van der Waals surface area contributed by atoms with Crippen molar-refractivity contribution in [2.75, 3.05) is 25.5 Å². The molecule has 2 aromatic carbocycles. The third-order valence-electron chi connectivity index (χ3n) is 5.09. The monoisotopic (exact) mass is 416 g/mol. The summed E-state index contributed by atoms with van der Waals surface area (Å²) in [6, 6.07) is 10.3. The fourth-order valence-corrected chi connectivity index (χ4v) is 5.39. The van der Waals surface area contributed by atoms with Crippen LogP contribution in [-0.4, -0.2) is 38.8 Å². The van der Waals surface area contributed by atoms with Gasteiger partial charge in [-0.1, -0.05) is 18.9 Å². The Labute approximate surface area is 172 Å². The summed E-state index contributed by atoms with van der Waals surface area (Å²) >= 11 is 0. The van der Waals surface area contributed by atoms with Crippen LogP contribution >= 0.6 is 0 Å². The maximum absolute atomic E-state index is 13.3. The molecule has 0 bridgehead atoms. The van der Waals surface area contributed by atoms with E-state index in [-0.39, 0.29) is 22.1 Å². The summed E-state index contributed by atoms with van der Waals surface area (Å²) in [6.07, 6.45) is 3.74. The molecular formula is C22H28N2O4S. The molecule has 1 fully saturated rings. The smallest absolute Gasteiger partial charge is 0.255 e. The lowest BCUT2D eigenvalue weighted by Gasteiger charge is -2.21. The zero-order valence-corrected chi connectivity index (χ0v) is 18.0. The van der Waals surface area contributed by atoms with Gasteiger partial charge >= 0.3 is 0 Å². The molecule has 1 aliphatic rings. The first-order valence-electron chi connectivity index (χ1n) is 9.89. The molecule has 0 radical (unpaired) electrons. The van der Waals surface area contributed by atoms with Gasteiger partial charge < -0.3 is 10.1 Å². The average Bonchev–Trinajstić information content (AvgIpc) is 2.96. The highest BCUT2D eigenvalue weighted by Gasteiger charge is 2.29. The van der Waals surface area contributed by atoms with Gasteiger partial charge in [-0.05, 0) is 68.1 Å². The summed E-state index contributed by atoms with van der Waals surface area (Å²) < 4.78 is 33.3. The Morgan fingerprint density at radius 1 is 0.966 bits per heavy atom. The van der Waals surface area contributed by atoms with Crippen molar-refractivity contribution in [1.82, 2.24) is 4.31 Å². The van der Waals surface area contributed by atoms with Gasteiger partial charge in [-0.25, -0.2) is 8.42 Å². The molecule has 6 nitrogen and oxygen atoms in total. The highest BCUT2D eigenvalue weighted by molar-refractivity contribution is 7.89. The zero-order valence-electron chi connectivity index (χ0n) is 17.2. The molecule has 0 saturated carbocycles. The minimum Gasteiger partial charge on any atom is -0.495 e. The second-order valence-electron chi connectivity index (χ2n) is 7.51. The second kappa shape index (κ2) is 8.97. The van der Waals surface area contributed by atoms with Crippen LogP contribution in [0.2, 0.25) is 0 Å². The maximum atomic E-state index is 13.3. The molecule has 2 aromatic rings. The maximum Gasteiger partial charge on any atom is 0.255 e. The largest absolute Gasteiger partial charge is 0.495 e. The fraction of sp³-hybridized carbons (Fsp3) is 0.409. The molecule has 3 rings (SSSR count). The van der Waals surface area contributed by atoms with Gasteiger partial charge in [-0.2, -0.15) is 4.31 Å². The number of nitrogens with zero attached hydrogens (tertiary/aromatic N) is 1. The Kier molecular flexibility index (Phi) is 6.59. The van der Waals surface area contributed by atoms with Gasteiger partial charge in [0.15, 0.2) is 0 Å². The van der Waals surface area contributed by atoms with Crippen LogP contribution in [0.1, 0.15) is 47.2 Å². The van der Waals surface area contributed by atoms with Crippen LogP contribution in [-0.2, 0) is 10.0 Å². The Morgan fingerprint density at radius 3 is 2.17 bits per heavy atom. The number of nitrogens with one attached hydrogen (secondary N) is 1. The first kappa shape index (κ1) is 21.3. The van der Waals surface area contributed by atoms with Crippen LogP contribution in [0.4, 0.5) is 5.69 Å². The van der Waals surface area contributed by atoms with Crippen LogP contribution in [0.15, 0.2) is 41.3 Å². The van der Waals surface area contributed by atoms with Crippen molar-refractivity contribution in [3.8, 4) is 5.75 Å². The number of methoxy groups -OCH3 is 1. The van der Waals surface area contributed by atoms with E-state index in [1.165, 1.54) is 17.5 Å². The number of anilines is 1. The van der Waals surface area contributed by atoms with Crippen molar-refractivity contribution in [3.05, 3.63) is 53.1 Å². The van der Waals surface area contributed by atoms with Crippen LogP contribution in [0.5, 0.6) is 5.75 Å². The van der Waals surface area contributed by atoms with Crippen molar-refractivity contribution in [1.29, 1.82) is 0 Å². The number of hydrogen-bond donors (Lipinski definition) is 1. The Hall–Kier alpha value is -2.38. The van der Waals surface area contributed by atoms with Gasteiger partial charge in [0.2, 0.25) is 10.0 Å². The molecule has 1 saturated heterocycles. The van der Waals surface area contributed by atoms with Crippen LogP contribution in [0, 0.1) is 13.8 Å². The van der Waals surface area contributed by atoms with Gasteiger partial charge in [-0.15, -0.1) is 0 Å². The molecule has 1 heterocycles. The van der Waals surface area contributed by atoms with E-state index < -0.39 is 10.0 Å². The van der Waals surface area contributed by atoms with Crippen molar-refractivity contribution >= 4 is 21.6 Å². The lowest BCUT2D eigenvalue weighted by atomic mass is 10.1. The van der Waals surface area contributed by atoms with E-state index >= 15 is 0 Å². The predicted octanol–water partition coefficient (Wildman–Crippen LogP) is 4.13. The zero-order chi connectivity index (χ0) is 21.0. The molecule has 7 heteroatoms. The third-order valence-corrected chi connectivity index (χ3v) is 7.01. The SMILES string of the molecule is COc1ccc(C(=O)Nc2cc(C)cc(C)c2)cc1S(=O)(=O)N1CCCCCC1.